The molecule has 3 aromatic rings. The zero-order valence-electron chi connectivity index (χ0n) is 14.1. The summed E-state index contributed by atoms with van der Waals surface area (Å²) in [6.45, 7) is 1.54. The highest BCUT2D eigenvalue weighted by Gasteiger charge is 2.08. The van der Waals surface area contributed by atoms with Crippen LogP contribution in [0.1, 0.15) is 21.6 Å². The summed E-state index contributed by atoms with van der Waals surface area (Å²) in [6, 6.07) is 11.6. The number of nitrogens with zero attached hydrogens (tertiary/aromatic N) is 3. The maximum Gasteiger partial charge on any atom is 0.343 e. The normalized spacial score (nSPS) is 10.7. The van der Waals surface area contributed by atoms with Crippen LogP contribution in [0.25, 0.3) is 0 Å². The molecule has 0 aliphatic heterocycles. The van der Waals surface area contributed by atoms with Crippen molar-refractivity contribution < 1.29 is 13.9 Å². The number of esters is 1. The Hall–Kier alpha value is -3.88. The lowest BCUT2D eigenvalue weighted by Crippen LogP contribution is -2.15. The van der Waals surface area contributed by atoms with Gasteiger partial charge in [0.15, 0.2) is 0 Å². The van der Waals surface area contributed by atoms with Gasteiger partial charge in [0.25, 0.3) is 5.56 Å². The molecule has 0 radical (unpaired) electrons. The van der Waals surface area contributed by atoms with Crippen LogP contribution in [0.4, 0.5) is 10.3 Å². The van der Waals surface area contributed by atoms with Crippen molar-refractivity contribution in [2.45, 2.75) is 6.92 Å². The summed E-state index contributed by atoms with van der Waals surface area (Å²) in [5.74, 6) is -0.556. The predicted molar refractivity (Wildman–Crippen MR) is 96.4 cm³/mol. The van der Waals surface area contributed by atoms with Gasteiger partial charge in [-0.1, -0.05) is 0 Å². The van der Waals surface area contributed by atoms with Gasteiger partial charge in [-0.05, 0) is 61.0 Å². The minimum atomic E-state index is -0.583. The Morgan fingerprint density at radius 1 is 1.15 bits per heavy atom. The van der Waals surface area contributed by atoms with E-state index in [-0.39, 0.29) is 22.8 Å². The number of ether oxygens (including phenoxy) is 1. The molecule has 0 bridgehead atoms. The first-order chi connectivity index (χ1) is 13.0. The lowest BCUT2D eigenvalue weighted by molar-refractivity contribution is 0.0734. The van der Waals surface area contributed by atoms with Gasteiger partial charge in [-0.15, -0.1) is 10.2 Å². The minimum Gasteiger partial charge on any atom is -0.423 e. The predicted octanol–water partition coefficient (Wildman–Crippen LogP) is 2.28. The zero-order chi connectivity index (χ0) is 19.2. The molecule has 0 aliphatic rings. The summed E-state index contributed by atoms with van der Waals surface area (Å²) in [5.41, 5.74) is 3.43. The highest BCUT2D eigenvalue weighted by molar-refractivity contribution is 5.91. The zero-order valence-corrected chi connectivity index (χ0v) is 14.1. The van der Waals surface area contributed by atoms with Crippen molar-refractivity contribution in [1.82, 2.24) is 15.2 Å². The summed E-state index contributed by atoms with van der Waals surface area (Å²) in [7, 11) is 0. The lowest BCUT2D eigenvalue weighted by atomic mass is 10.2. The number of aromatic amines is 1. The van der Waals surface area contributed by atoms with Gasteiger partial charge in [0.2, 0.25) is 5.95 Å². The summed E-state index contributed by atoms with van der Waals surface area (Å²) in [5, 5.41) is 11.4. The Morgan fingerprint density at radius 3 is 2.52 bits per heavy atom. The molecule has 2 aromatic carbocycles. The van der Waals surface area contributed by atoms with Crippen LogP contribution in [-0.4, -0.2) is 27.4 Å². The summed E-state index contributed by atoms with van der Waals surface area (Å²) >= 11 is 0. The molecular formula is C18H14FN5O3. The van der Waals surface area contributed by atoms with Crippen LogP contribution >= 0.6 is 0 Å². The van der Waals surface area contributed by atoms with Crippen molar-refractivity contribution in [3.8, 4) is 5.75 Å². The molecule has 0 unspecified atom stereocenters. The van der Waals surface area contributed by atoms with Crippen LogP contribution in [0.2, 0.25) is 0 Å². The summed E-state index contributed by atoms with van der Waals surface area (Å²) < 4.78 is 18.1. The van der Waals surface area contributed by atoms with Crippen molar-refractivity contribution >= 4 is 18.1 Å². The number of anilines is 1. The maximum atomic E-state index is 12.9. The lowest BCUT2D eigenvalue weighted by Gasteiger charge is -2.04. The van der Waals surface area contributed by atoms with E-state index in [2.05, 4.69) is 25.7 Å². The third-order valence-electron chi connectivity index (χ3n) is 3.42. The third kappa shape index (κ3) is 4.82. The SMILES string of the molecule is Cc1nnc(N/N=C/c2ccc(OC(=O)c3ccc(F)cc3)cc2)[nH]c1=O. The van der Waals surface area contributed by atoms with Crippen molar-refractivity contribution in [3.63, 3.8) is 0 Å². The monoisotopic (exact) mass is 367 g/mol. The Bertz CT molecular complexity index is 1030. The van der Waals surface area contributed by atoms with E-state index in [1.807, 2.05) is 0 Å². The number of halogens is 1. The fraction of sp³-hybridized carbons (Fsp3) is 0.0556. The first-order valence-electron chi connectivity index (χ1n) is 7.82. The molecule has 0 amide bonds. The van der Waals surface area contributed by atoms with Gasteiger partial charge < -0.3 is 4.74 Å². The fourth-order valence-corrected chi connectivity index (χ4v) is 1.99. The second kappa shape index (κ2) is 8.00. The van der Waals surface area contributed by atoms with Crippen LogP contribution in [0.15, 0.2) is 58.4 Å². The number of aromatic nitrogens is 3. The molecule has 136 valence electrons. The Labute approximate surface area is 152 Å². The topological polar surface area (TPSA) is 109 Å². The number of benzene rings is 2. The second-order valence-electron chi connectivity index (χ2n) is 5.42. The first kappa shape index (κ1) is 17.9. The van der Waals surface area contributed by atoms with Crippen LogP contribution < -0.4 is 15.7 Å². The molecule has 8 nitrogen and oxygen atoms in total. The van der Waals surface area contributed by atoms with Crippen LogP contribution in [0, 0.1) is 12.7 Å². The third-order valence-corrected chi connectivity index (χ3v) is 3.42. The molecule has 1 heterocycles. The number of nitrogens with one attached hydrogen (secondary N) is 2. The Balaban J connectivity index is 1.59. The first-order valence-corrected chi connectivity index (χ1v) is 7.82. The van der Waals surface area contributed by atoms with Crippen LogP contribution in [0.3, 0.4) is 0 Å². The van der Waals surface area contributed by atoms with E-state index in [1.165, 1.54) is 30.5 Å². The molecular weight excluding hydrogens is 353 g/mol. The highest BCUT2D eigenvalue weighted by Crippen LogP contribution is 2.14. The Morgan fingerprint density at radius 2 is 1.85 bits per heavy atom. The molecule has 0 aliphatic carbocycles. The van der Waals surface area contributed by atoms with Gasteiger partial charge in [0.05, 0.1) is 11.8 Å². The standard InChI is InChI=1S/C18H14FN5O3/c1-11-16(25)21-18(24-22-11)23-20-10-12-2-8-15(9-3-12)27-17(26)13-4-6-14(19)7-5-13/h2-10H,1H3,(H2,21,23,24,25)/b20-10+. The highest BCUT2D eigenvalue weighted by atomic mass is 19.1. The van der Waals surface area contributed by atoms with Crippen molar-refractivity contribution in [2.24, 2.45) is 5.10 Å². The number of hydrazone groups is 1. The number of hydrogen-bond donors (Lipinski definition) is 2. The number of carbonyl (C=O) groups excluding carboxylic acids is 1. The van der Waals surface area contributed by atoms with Gasteiger partial charge in [-0.25, -0.2) is 14.6 Å². The van der Waals surface area contributed by atoms with E-state index >= 15 is 0 Å². The van der Waals surface area contributed by atoms with Crippen molar-refractivity contribution in [3.05, 3.63) is 81.5 Å². The number of hydrogen-bond acceptors (Lipinski definition) is 7. The van der Waals surface area contributed by atoms with Gasteiger partial charge >= 0.3 is 5.97 Å². The Kier molecular flexibility index (Phi) is 5.31. The van der Waals surface area contributed by atoms with E-state index < -0.39 is 11.8 Å². The molecule has 0 saturated carbocycles. The average molecular weight is 367 g/mol. The smallest absolute Gasteiger partial charge is 0.343 e. The number of aryl methyl sites for hydroxylation is 1. The van der Waals surface area contributed by atoms with E-state index in [0.717, 1.165) is 0 Å². The van der Waals surface area contributed by atoms with Gasteiger partial charge in [0, 0.05) is 0 Å². The molecule has 0 saturated heterocycles. The summed E-state index contributed by atoms with van der Waals surface area (Å²) in [6.07, 6.45) is 1.49. The van der Waals surface area contributed by atoms with Gasteiger partial charge in [-0.3, -0.25) is 9.78 Å². The van der Waals surface area contributed by atoms with Gasteiger partial charge in [0.1, 0.15) is 17.3 Å². The number of H-pyrrole nitrogens is 1. The molecule has 2 N–H and O–H groups in total. The van der Waals surface area contributed by atoms with E-state index in [4.69, 9.17) is 4.74 Å². The van der Waals surface area contributed by atoms with Crippen LogP contribution in [0.5, 0.6) is 5.75 Å². The number of rotatable bonds is 5. The van der Waals surface area contributed by atoms with E-state index in [9.17, 15) is 14.0 Å². The van der Waals surface area contributed by atoms with Gasteiger partial charge in [-0.2, -0.15) is 5.10 Å². The average Bonchev–Trinajstić information content (AvgIpc) is 2.66. The molecule has 0 fully saturated rings. The molecule has 9 heteroatoms. The minimum absolute atomic E-state index is 0.117. The molecule has 27 heavy (non-hydrogen) atoms. The quantitative estimate of drug-likeness (QED) is 0.310. The van der Waals surface area contributed by atoms with Crippen molar-refractivity contribution in [2.75, 3.05) is 5.43 Å². The molecule has 0 spiro atoms. The van der Waals surface area contributed by atoms with Crippen LogP contribution in [-0.2, 0) is 0 Å². The fourth-order valence-electron chi connectivity index (χ4n) is 1.99. The van der Waals surface area contributed by atoms with E-state index in [1.54, 1.807) is 31.2 Å². The largest absolute Gasteiger partial charge is 0.423 e. The second-order valence-corrected chi connectivity index (χ2v) is 5.42. The summed E-state index contributed by atoms with van der Waals surface area (Å²) in [4.78, 5) is 25.9. The maximum absolute atomic E-state index is 12.9. The number of carbonyl (C=O) groups is 1. The molecule has 3 rings (SSSR count). The van der Waals surface area contributed by atoms with E-state index in [0.29, 0.717) is 11.3 Å². The molecule has 1 aromatic heterocycles. The molecule has 0 atom stereocenters. The van der Waals surface area contributed by atoms with Crippen molar-refractivity contribution in [1.29, 1.82) is 0 Å².